The number of amides is 1. The number of ether oxygens (including phenoxy) is 1. The lowest BCUT2D eigenvalue weighted by Crippen LogP contribution is -2.52. The van der Waals surface area contributed by atoms with Crippen LogP contribution in [0, 0.1) is 3.57 Å². The highest BCUT2D eigenvalue weighted by molar-refractivity contribution is 14.1. The van der Waals surface area contributed by atoms with E-state index < -0.39 is 5.54 Å². The van der Waals surface area contributed by atoms with Gasteiger partial charge in [-0.05, 0) is 47.6 Å². The molecule has 0 saturated heterocycles. The van der Waals surface area contributed by atoms with Gasteiger partial charge in [0.15, 0.2) is 0 Å². The molecule has 0 heterocycles. The quantitative estimate of drug-likeness (QED) is 0.730. The fourth-order valence-electron chi connectivity index (χ4n) is 2.73. The second kappa shape index (κ2) is 7.15. The molecular formula is C15H19ClINO3. The first-order valence-electron chi connectivity index (χ1n) is 6.98. The van der Waals surface area contributed by atoms with Gasteiger partial charge >= 0.3 is 0 Å². The van der Waals surface area contributed by atoms with Crippen molar-refractivity contribution in [1.82, 2.24) is 5.32 Å². The highest BCUT2D eigenvalue weighted by Crippen LogP contribution is 2.31. The van der Waals surface area contributed by atoms with Crippen LogP contribution in [0.5, 0.6) is 5.75 Å². The molecule has 2 N–H and O–H groups in total. The summed E-state index contributed by atoms with van der Waals surface area (Å²) in [5.74, 6) is 0.242. The number of hydrogen-bond donors (Lipinski definition) is 2. The van der Waals surface area contributed by atoms with Gasteiger partial charge in [0, 0.05) is 3.57 Å². The zero-order valence-corrected chi connectivity index (χ0v) is 14.8. The average molecular weight is 424 g/mol. The Kier molecular flexibility index (Phi) is 5.73. The predicted molar refractivity (Wildman–Crippen MR) is 91.1 cm³/mol. The molecule has 1 saturated carbocycles. The van der Waals surface area contributed by atoms with E-state index in [0.29, 0.717) is 16.3 Å². The number of methoxy groups -OCH3 is 1. The standard InChI is InChI=1S/C15H19ClINO3/c1-21-13-8-12(17)11(16)7-10(13)14(20)18-15(9-19)5-3-2-4-6-15/h7-8,19H,2-6,9H2,1H3,(H,18,20). The Morgan fingerprint density at radius 1 is 1.43 bits per heavy atom. The van der Waals surface area contributed by atoms with E-state index >= 15 is 0 Å². The first-order valence-corrected chi connectivity index (χ1v) is 8.43. The predicted octanol–water partition coefficient (Wildman–Crippen LogP) is 3.38. The molecule has 116 valence electrons. The van der Waals surface area contributed by atoms with Crippen molar-refractivity contribution in [3.63, 3.8) is 0 Å². The SMILES string of the molecule is COc1cc(I)c(Cl)cc1C(=O)NC1(CO)CCCCC1. The van der Waals surface area contributed by atoms with Crippen LogP contribution >= 0.6 is 34.2 Å². The molecule has 0 atom stereocenters. The van der Waals surface area contributed by atoms with Crippen molar-refractivity contribution in [2.75, 3.05) is 13.7 Å². The molecule has 0 aliphatic heterocycles. The molecule has 0 unspecified atom stereocenters. The summed E-state index contributed by atoms with van der Waals surface area (Å²) in [7, 11) is 1.53. The summed E-state index contributed by atoms with van der Waals surface area (Å²) < 4.78 is 6.10. The van der Waals surface area contributed by atoms with E-state index in [0.717, 1.165) is 35.7 Å². The van der Waals surface area contributed by atoms with E-state index in [1.165, 1.54) is 7.11 Å². The number of halogens is 2. The summed E-state index contributed by atoms with van der Waals surface area (Å²) in [6.07, 6.45) is 4.79. The Hall–Kier alpha value is -0.530. The van der Waals surface area contributed by atoms with E-state index in [4.69, 9.17) is 16.3 Å². The number of nitrogens with one attached hydrogen (secondary N) is 1. The van der Waals surface area contributed by atoms with Crippen LogP contribution in [0.1, 0.15) is 42.5 Å². The zero-order valence-electron chi connectivity index (χ0n) is 11.9. The molecule has 6 heteroatoms. The number of aliphatic hydroxyl groups is 1. The van der Waals surface area contributed by atoms with Gasteiger partial charge in [0.1, 0.15) is 5.75 Å². The van der Waals surface area contributed by atoms with Crippen LogP contribution in [0.25, 0.3) is 0 Å². The minimum Gasteiger partial charge on any atom is -0.496 e. The van der Waals surface area contributed by atoms with Gasteiger partial charge in [0.2, 0.25) is 0 Å². The van der Waals surface area contributed by atoms with Crippen molar-refractivity contribution in [3.8, 4) is 5.75 Å². The van der Waals surface area contributed by atoms with Crippen LogP contribution in [-0.4, -0.2) is 30.3 Å². The van der Waals surface area contributed by atoms with Crippen LogP contribution in [-0.2, 0) is 0 Å². The smallest absolute Gasteiger partial charge is 0.255 e. The largest absolute Gasteiger partial charge is 0.496 e. The number of carbonyl (C=O) groups excluding carboxylic acids is 1. The molecule has 1 aliphatic rings. The Morgan fingerprint density at radius 2 is 2.10 bits per heavy atom. The second-order valence-electron chi connectivity index (χ2n) is 5.42. The second-order valence-corrected chi connectivity index (χ2v) is 6.99. The fourth-order valence-corrected chi connectivity index (χ4v) is 3.34. The van der Waals surface area contributed by atoms with Gasteiger partial charge in [-0.2, -0.15) is 0 Å². The molecule has 1 aromatic rings. The lowest BCUT2D eigenvalue weighted by Gasteiger charge is -2.36. The Morgan fingerprint density at radius 3 is 2.67 bits per heavy atom. The van der Waals surface area contributed by atoms with Gasteiger partial charge < -0.3 is 15.2 Å². The maximum Gasteiger partial charge on any atom is 0.255 e. The van der Waals surface area contributed by atoms with Crippen molar-refractivity contribution in [1.29, 1.82) is 0 Å². The van der Waals surface area contributed by atoms with Crippen molar-refractivity contribution in [2.24, 2.45) is 0 Å². The van der Waals surface area contributed by atoms with E-state index in [9.17, 15) is 9.90 Å². The summed E-state index contributed by atoms with van der Waals surface area (Å²) in [5.41, 5.74) is -0.114. The van der Waals surface area contributed by atoms with E-state index in [1.807, 2.05) is 0 Å². The van der Waals surface area contributed by atoms with Crippen LogP contribution in [0.3, 0.4) is 0 Å². The van der Waals surface area contributed by atoms with Crippen LogP contribution in [0.15, 0.2) is 12.1 Å². The monoisotopic (exact) mass is 423 g/mol. The van der Waals surface area contributed by atoms with Crippen molar-refractivity contribution in [2.45, 2.75) is 37.6 Å². The van der Waals surface area contributed by atoms with E-state index in [-0.39, 0.29) is 12.5 Å². The normalized spacial score (nSPS) is 17.3. The third-order valence-electron chi connectivity index (χ3n) is 3.98. The molecule has 4 nitrogen and oxygen atoms in total. The van der Waals surface area contributed by atoms with Crippen molar-refractivity contribution >= 4 is 40.1 Å². The first-order chi connectivity index (χ1) is 10.0. The van der Waals surface area contributed by atoms with Gasteiger partial charge in [0.05, 0.1) is 29.8 Å². The summed E-state index contributed by atoms with van der Waals surface area (Å²) in [5, 5.41) is 13.2. The van der Waals surface area contributed by atoms with Crippen LogP contribution < -0.4 is 10.1 Å². The van der Waals surface area contributed by atoms with Gasteiger partial charge in [-0.1, -0.05) is 30.9 Å². The highest BCUT2D eigenvalue weighted by atomic mass is 127. The average Bonchev–Trinajstić information content (AvgIpc) is 2.50. The van der Waals surface area contributed by atoms with Gasteiger partial charge in [-0.15, -0.1) is 0 Å². The minimum atomic E-state index is -0.518. The Labute approximate surface area is 143 Å². The molecule has 1 fully saturated rings. The number of aliphatic hydroxyl groups excluding tert-OH is 1. The molecule has 0 aromatic heterocycles. The topological polar surface area (TPSA) is 58.6 Å². The van der Waals surface area contributed by atoms with Crippen LogP contribution in [0.4, 0.5) is 0 Å². The lowest BCUT2D eigenvalue weighted by atomic mass is 9.82. The Bertz CT molecular complexity index is 530. The number of hydrogen-bond acceptors (Lipinski definition) is 3. The molecular weight excluding hydrogens is 405 g/mol. The van der Waals surface area contributed by atoms with Gasteiger partial charge in [-0.25, -0.2) is 0 Å². The van der Waals surface area contributed by atoms with Crippen molar-refractivity contribution in [3.05, 3.63) is 26.3 Å². The van der Waals surface area contributed by atoms with E-state index in [1.54, 1.807) is 12.1 Å². The van der Waals surface area contributed by atoms with Gasteiger partial charge in [0.25, 0.3) is 5.91 Å². The first kappa shape index (κ1) is 16.8. The molecule has 1 aliphatic carbocycles. The summed E-state index contributed by atoms with van der Waals surface area (Å²) >= 11 is 8.20. The third-order valence-corrected chi connectivity index (χ3v) is 5.50. The molecule has 2 rings (SSSR count). The molecule has 21 heavy (non-hydrogen) atoms. The number of benzene rings is 1. The minimum absolute atomic E-state index is 0.0425. The van der Waals surface area contributed by atoms with Gasteiger partial charge in [-0.3, -0.25) is 4.79 Å². The van der Waals surface area contributed by atoms with Crippen molar-refractivity contribution < 1.29 is 14.6 Å². The molecule has 1 amide bonds. The Balaban J connectivity index is 2.25. The third kappa shape index (κ3) is 3.81. The summed E-state index contributed by atoms with van der Waals surface area (Å²) in [6, 6.07) is 3.36. The molecule has 1 aromatic carbocycles. The number of rotatable bonds is 4. The molecule has 0 spiro atoms. The summed E-state index contributed by atoms with van der Waals surface area (Å²) in [6.45, 7) is -0.0425. The highest BCUT2D eigenvalue weighted by Gasteiger charge is 2.33. The number of carbonyl (C=O) groups is 1. The zero-order chi connectivity index (χ0) is 15.5. The molecule has 0 bridgehead atoms. The molecule has 0 radical (unpaired) electrons. The fraction of sp³-hybridized carbons (Fsp3) is 0.533. The van der Waals surface area contributed by atoms with Crippen LogP contribution in [0.2, 0.25) is 5.02 Å². The lowest BCUT2D eigenvalue weighted by molar-refractivity contribution is 0.0756. The maximum atomic E-state index is 12.6. The van der Waals surface area contributed by atoms with E-state index in [2.05, 4.69) is 27.9 Å². The maximum absolute atomic E-state index is 12.6. The summed E-state index contributed by atoms with van der Waals surface area (Å²) in [4.78, 5) is 12.6.